The number of hydrogen-bond acceptors (Lipinski definition) is 1. The third kappa shape index (κ3) is 1.78. The molecule has 0 unspecified atom stereocenters. The maximum atomic E-state index is 3.59. The van der Waals surface area contributed by atoms with Gasteiger partial charge in [-0.25, -0.2) is 0 Å². The number of rotatable bonds is 3. The van der Waals surface area contributed by atoms with E-state index in [2.05, 4.69) is 43.3 Å². The van der Waals surface area contributed by atoms with Crippen LogP contribution in [0.2, 0.25) is 0 Å². The van der Waals surface area contributed by atoms with Gasteiger partial charge in [-0.05, 0) is 52.1 Å². The molecule has 0 atom stereocenters. The zero-order valence-corrected chi connectivity index (χ0v) is 10.6. The highest BCUT2D eigenvalue weighted by Gasteiger charge is 2.41. The Bertz CT molecular complexity index is 276. The lowest BCUT2D eigenvalue weighted by Crippen LogP contribution is -2.04. The van der Waals surface area contributed by atoms with Gasteiger partial charge in [0.2, 0.25) is 0 Å². The molecule has 12 heavy (non-hydrogen) atoms. The molecule has 1 aliphatic carbocycles. The first kappa shape index (κ1) is 9.22. The average Bonchev–Trinajstić information content (AvgIpc) is 2.74. The highest BCUT2D eigenvalue weighted by Crippen LogP contribution is 2.51. The highest BCUT2D eigenvalue weighted by molar-refractivity contribution is 9.10. The Labute approximate surface area is 93.6 Å². The molecular weight excluding hydrogens is 300 g/mol. The molecule has 1 aromatic heterocycles. The summed E-state index contributed by atoms with van der Waals surface area (Å²) >= 11 is 9.03. The van der Waals surface area contributed by atoms with Crippen molar-refractivity contribution in [2.24, 2.45) is 5.41 Å². The van der Waals surface area contributed by atoms with E-state index < -0.39 is 0 Å². The monoisotopic (exact) mass is 308 g/mol. The summed E-state index contributed by atoms with van der Waals surface area (Å²) in [6, 6.07) is 2.14. The molecule has 1 saturated carbocycles. The lowest BCUT2D eigenvalue weighted by atomic mass is 10.1. The van der Waals surface area contributed by atoms with E-state index in [1.54, 1.807) is 0 Å². The number of alkyl halides is 1. The fourth-order valence-electron chi connectivity index (χ4n) is 1.33. The third-order valence-corrected chi connectivity index (χ3v) is 5.58. The zero-order chi connectivity index (χ0) is 8.60. The van der Waals surface area contributed by atoms with E-state index in [9.17, 15) is 0 Å². The van der Waals surface area contributed by atoms with E-state index in [0.717, 1.165) is 5.33 Å². The fraction of sp³-hybridized carbons (Fsp3) is 0.556. The Kier molecular flexibility index (Phi) is 2.64. The second-order valence-corrected chi connectivity index (χ2v) is 5.92. The molecule has 1 heterocycles. The van der Waals surface area contributed by atoms with Crippen LogP contribution >= 0.6 is 43.2 Å². The van der Waals surface area contributed by atoms with Crippen LogP contribution in [0.3, 0.4) is 0 Å². The van der Waals surface area contributed by atoms with Gasteiger partial charge in [-0.1, -0.05) is 15.9 Å². The molecule has 0 saturated heterocycles. The van der Waals surface area contributed by atoms with E-state index in [1.807, 2.05) is 11.3 Å². The van der Waals surface area contributed by atoms with Gasteiger partial charge in [0.05, 0.1) is 0 Å². The van der Waals surface area contributed by atoms with Gasteiger partial charge in [0.25, 0.3) is 0 Å². The molecule has 0 radical (unpaired) electrons. The van der Waals surface area contributed by atoms with Crippen LogP contribution in [-0.2, 0) is 6.42 Å². The lowest BCUT2D eigenvalue weighted by Gasteiger charge is -2.09. The molecular formula is C9H10Br2S. The molecule has 2 rings (SSSR count). The molecule has 0 bridgehead atoms. The predicted molar refractivity (Wildman–Crippen MR) is 61.2 cm³/mol. The van der Waals surface area contributed by atoms with Crippen molar-refractivity contribution < 1.29 is 0 Å². The van der Waals surface area contributed by atoms with Crippen LogP contribution in [0, 0.1) is 5.41 Å². The largest absolute Gasteiger partial charge is 0.148 e. The van der Waals surface area contributed by atoms with Crippen molar-refractivity contribution in [3.05, 3.63) is 20.8 Å². The van der Waals surface area contributed by atoms with E-state index in [-0.39, 0.29) is 0 Å². The second kappa shape index (κ2) is 3.43. The van der Waals surface area contributed by atoms with Crippen LogP contribution in [0.15, 0.2) is 15.9 Å². The molecule has 0 aliphatic heterocycles. The quantitative estimate of drug-likeness (QED) is 0.733. The molecule has 3 heteroatoms. The minimum Gasteiger partial charge on any atom is -0.148 e. The fourth-order valence-corrected chi connectivity index (χ4v) is 3.75. The lowest BCUT2D eigenvalue weighted by molar-refractivity contribution is 0.591. The summed E-state index contributed by atoms with van der Waals surface area (Å²) in [4.78, 5) is 1.51. The summed E-state index contributed by atoms with van der Waals surface area (Å²) < 4.78 is 1.29. The maximum Gasteiger partial charge on any atom is 0.0314 e. The number of hydrogen-bond donors (Lipinski definition) is 0. The van der Waals surface area contributed by atoms with Crippen LogP contribution < -0.4 is 0 Å². The van der Waals surface area contributed by atoms with E-state index in [4.69, 9.17) is 0 Å². The Morgan fingerprint density at radius 3 is 2.67 bits per heavy atom. The smallest absolute Gasteiger partial charge is 0.0314 e. The van der Waals surface area contributed by atoms with Crippen LogP contribution in [0.1, 0.15) is 17.7 Å². The molecule has 66 valence electrons. The Hall–Kier alpha value is 0.660. The van der Waals surface area contributed by atoms with Crippen molar-refractivity contribution in [1.82, 2.24) is 0 Å². The van der Waals surface area contributed by atoms with Gasteiger partial charge in [0, 0.05) is 14.7 Å². The van der Waals surface area contributed by atoms with Gasteiger partial charge in [-0.2, -0.15) is 0 Å². The van der Waals surface area contributed by atoms with Gasteiger partial charge in [-0.15, -0.1) is 11.3 Å². The SMILES string of the molecule is BrCC1(Cc2sccc2Br)CC1. The normalized spacial score (nSPS) is 19.5. The molecule has 1 fully saturated rings. The Morgan fingerprint density at radius 1 is 1.50 bits per heavy atom. The zero-order valence-electron chi connectivity index (χ0n) is 6.65. The first-order chi connectivity index (χ1) is 5.76. The maximum absolute atomic E-state index is 3.59. The molecule has 1 aromatic rings. The average molecular weight is 310 g/mol. The summed E-state index contributed by atoms with van der Waals surface area (Å²) in [5.74, 6) is 0. The van der Waals surface area contributed by atoms with E-state index >= 15 is 0 Å². The first-order valence-corrected chi connectivity index (χ1v) is 6.83. The Balaban J connectivity index is 2.08. The van der Waals surface area contributed by atoms with Gasteiger partial charge >= 0.3 is 0 Å². The van der Waals surface area contributed by atoms with Crippen molar-refractivity contribution in [3.8, 4) is 0 Å². The van der Waals surface area contributed by atoms with Crippen molar-refractivity contribution in [1.29, 1.82) is 0 Å². The minimum atomic E-state index is 0.605. The molecule has 1 aliphatic rings. The summed E-state index contributed by atoms with van der Waals surface area (Å²) in [5, 5.41) is 3.31. The summed E-state index contributed by atoms with van der Waals surface area (Å²) in [6.07, 6.45) is 4.03. The van der Waals surface area contributed by atoms with Crippen LogP contribution in [0.5, 0.6) is 0 Å². The van der Waals surface area contributed by atoms with Crippen molar-refractivity contribution in [2.45, 2.75) is 19.3 Å². The molecule has 0 aromatic carbocycles. The summed E-state index contributed by atoms with van der Waals surface area (Å²) in [5.41, 5.74) is 0.605. The van der Waals surface area contributed by atoms with Crippen molar-refractivity contribution in [2.75, 3.05) is 5.33 Å². The van der Waals surface area contributed by atoms with Crippen LogP contribution in [0.4, 0.5) is 0 Å². The van der Waals surface area contributed by atoms with Gasteiger partial charge in [0.15, 0.2) is 0 Å². The third-order valence-electron chi connectivity index (χ3n) is 2.47. The van der Waals surface area contributed by atoms with Crippen LogP contribution in [0.25, 0.3) is 0 Å². The van der Waals surface area contributed by atoms with Crippen molar-refractivity contribution in [3.63, 3.8) is 0 Å². The Morgan fingerprint density at radius 2 is 2.25 bits per heavy atom. The molecule has 0 amide bonds. The summed E-state index contributed by atoms with van der Waals surface area (Å²) in [7, 11) is 0. The van der Waals surface area contributed by atoms with Crippen LogP contribution in [-0.4, -0.2) is 5.33 Å². The van der Waals surface area contributed by atoms with Gasteiger partial charge < -0.3 is 0 Å². The summed E-state index contributed by atoms with van der Waals surface area (Å²) in [6.45, 7) is 0. The first-order valence-electron chi connectivity index (χ1n) is 4.04. The molecule has 0 spiro atoms. The van der Waals surface area contributed by atoms with E-state index in [0.29, 0.717) is 5.41 Å². The number of thiophene rings is 1. The molecule has 0 nitrogen and oxygen atoms in total. The van der Waals surface area contributed by atoms with Gasteiger partial charge in [-0.3, -0.25) is 0 Å². The number of halogens is 2. The second-order valence-electron chi connectivity index (χ2n) is 3.50. The molecule has 0 N–H and O–H groups in total. The predicted octanol–water partition coefficient (Wildman–Crippen LogP) is 4.23. The van der Waals surface area contributed by atoms with Gasteiger partial charge in [0.1, 0.15) is 0 Å². The minimum absolute atomic E-state index is 0.605. The topological polar surface area (TPSA) is 0 Å². The standard InChI is InChI=1S/C9H10Br2S/c10-6-9(2-3-9)5-8-7(11)1-4-12-8/h1,4H,2-3,5-6H2. The van der Waals surface area contributed by atoms with Crippen molar-refractivity contribution >= 4 is 43.2 Å². The van der Waals surface area contributed by atoms with E-state index in [1.165, 1.54) is 28.6 Å². The highest BCUT2D eigenvalue weighted by atomic mass is 79.9.